The lowest BCUT2D eigenvalue weighted by molar-refractivity contribution is 0.0951. The fraction of sp³-hybridized carbons (Fsp3) is 0.233. The summed E-state index contributed by atoms with van der Waals surface area (Å²) in [7, 11) is -3.58. The van der Waals surface area contributed by atoms with Crippen LogP contribution in [0.15, 0.2) is 95.2 Å². The molecular weight excluding hydrogens is 566 g/mol. The van der Waals surface area contributed by atoms with Crippen molar-refractivity contribution in [3.05, 3.63) is 112 Å². The molecule has 10 heteroatoms. The van der Waals surface area contributed by atoms with E-state index in [-0.39, 0.29) is 18.5 Å². The lowest BCUT2D eigenvalue weighted by atomic mass is 10.1. The molecule has 0 radical (unpaired) electrons. The number of thiophene rings is 1. The van der Waals surface area contributed by atoms with E-state index in [2.05, 4.69) is 10.6 Å². The molecule has 40 heavy (non-hydrogen) atoms. The molecule has 0 aliphatic carbocycles. The van der Waals surface area contributed by atoms with Crippen molar-refractivity contribution in [2.45, 2.75) is 36.2 Å². The summed E-state index contributed by atoms with van der Waals surface area (Å²) in [5.41, 5.74) is 1.64. The van der Waals surface area contributed by atoms with Crippen LogP contribution in [-0.2, 0) is 23.1 Å². The zero-order chi connectivity index (χ0) is 28.0. The zero-order valence-electron chi connectivity index (χ0n) is 21.8. The van der Waals surface area contributed by atoms with Crippen LogP contribution >= 0.6 is 22.9 Å². The average molecular weight is 596 g/mol. The van der Waals surface area contributed by atoms with Crippen LogP contribution in [0.1, 0.15) is 33.6 Å². The Kier molecular flexibility index (Phi) is 9.18. The number of amides is 1. The van der Waals surface area contributed by atoms with Crippen LogP contribution in [-0.4, -0.2) is 37.8 Å². The minimum atomic E-state index is -3.58. The number of hydrogen-bond donors (Lipinski definition) is 2. The number of sulfonamides is 1. The summed E-state index contributed by atoms with van der Waals surface area (Å²) in [5.74, 6) is 1.35. The molecule has 2 N–H and O–H groups in total. The first-order chi connectivity index (χ1) is 19.4. The highest BCUT2D eigenvalue weighted by Gasteiger charge is 2.30. The highest BCUT2D eigenvalue weighted by molar-refractivity contribution is 7.91. The first kappa shape index (κ1) is 28.3. The summed E-state index contributed by atoms with van der Waals surface area (Å²) in [5, 5.41) is 6.95. The van der Waals surface area contributed by atoms with Gasteiger partial charge in [0, 0.05) is 41.1 Å². The molecule has 1 aliphatic heterocycles. The number of hydrogen-bond acceptors (Lipinski definition) is 6. The Morgan fingerprint density at radius 1 is 0.875 bits per heavy atom. The van der Waals surface area contributed by atoms with Gasteiger partial charge in [0.05, 0.1) is 6.54 Å². The molecule has 1 saturated heterocycles. The van der Waals surface area contributed by atoms with Crippen LogP contribution in [0.3, 0.4) is 0 Å². The van der Waals surface area contributed by atoms with Crippen molar-refractivity contribution >= 4 is 38.9 Å². The molecule has 1 aromatic heterocycles. The lowest BCUT2D eigenvalue weighted by Gasteiger charge is -2.31. The van der Waals surface area contributed by atoms with E-state index in [0.717, 1.165) is 34.8 Å². The SMILES string of the molecule is O=C(NCc1ccc(S(=O)(=O)N2CCC(NCc3ccc(Oc4ccccc4)cc3)CC2)s1)c1ccc(Cl)cc1. The Labute approximate surface area is 243 Å². The Morgan fingerprint density at radius 2 is 1.55 bits per heavy atom. The predicted octanol–water partition coefficient (Wildman–Crippen LogP) is 6.07. The van der Waals surface area contributed by atoms with Crippen molar-refractivity contribution in [2.24, 2.45) is 0 Å². The summed E-state index contributed by atoms with van der Waals surface area (Å²) in [6.07, 6.45) is 1.48. The van der Waals surface area contributed by atoms with Gasteiger partial charge in [-0.25, -0.2) is 8.42 Å². The first-order valence-electron chi connectivity index (χ1n) is 13.0. The van der Waals surface area contributed by atoms with E-state index in [0.29, 0.717) is 34.4 Å². The lowest BCUT2D eigenvalue weighted by Crippen LogP contribution is -2.44. The monoisotopic (exact) mass is 595 g/mol. The van der Waals surface area contributed by atoms with Crippen molar-refractivity contribution in [2.75, 3.05) is 13.1 Å². The van der Waals surface area contributed by atoms with Gasteiger partial charge in [0.25, 0.3) is 15.9 Å². The highest BCUT2D eigenvalue weighted by Crippen LogP contribution is 2.27. The van der Waals surface area contributed by atoms with Crippen LogP contribution in [0.2, 0.25) is 5.02 Å². The van der Waals surface area contributed by atoms with Gasteiger partial charge >= 0.3 is 0 Å². The van der Waals surface area contributed by atoms with Gasteiger partial charge in [-0.05, 0) is 79.1 Å². The summed E-state index contributed by atoms with van der Waals surface area (Å²) in [6.45, 7) is 1.89. The molecule has 7 nitrogen and oxygen atoms in total. The molecule has 4 aromatic rings. The number of ether oxygens (including phenoxy) is 1. The molecule has 2 heterocycles. The van der Waals surface area contributed by atoms with E-state index in [9.17, 15) is 13.2 Å². The third-order valence-corrected chi connectivity index (χ3v) is 10.4. The largest absolute Gasteiger partial charge is 0.457 e. The van der Waals surface area contributed by atoms with Gasteiger partial charge in [0.1, 0.15) is 15.7 Å². The second-order valence-electron chi connectivity index (χ2n) is 9.53. The summed E-state index contributed by atoms with van der Waals surface area (Å²) >= 11 is 7.07. The average Bonchev–Trinajstić information content (AvgIpc) is 3.47. The molecule has 0 spiro atoms. The highest BCUT2D eigenvalue weighted by atomic mass is 35.5. The van der Waals surface area contributed by atoms with Gasteiger partial charge in [-0.3, -0.25) is 4.79 Å². The predicted molar refractivity (Wildman–Crippen MR) is 159 cm³/mol. The summed E-state index contributed by atoms with van der Waals surface area (Å²) in [6, 6.07) is 27.9. The van der Waals surface area contributed by atoms with Crippen molar-refractivity contribution in [1.82, 2.24) is 14.9 Å². The van der Waals surface area contributed by atoms with Crippen molar-refractivity contribution in [3.8, 4) is 11.5 Å². The summed E-state index contributed by atoms with van der Waals surface area (Å²) < 4.78 is 34.2. The van der Waals surface area contributed by atoms with Crippen LogP contribution in [0.4, 0.5) is 0 Å². The molecule has 208 valence electrons. The Bertz CT molecular complexity index is 1520. The molecule has 0 unspecified atom stereocenters. The normalized spacial score (nSPS) is 14.6. The summed E-state index contributed by atoms with van der Waals surface area (Å²) in [4.78, 5) is 13.1. The first-order valence-corrected chi connectivity index (χ1v) is 15.7. The molecule has 1 aliphatic rings. The Morgan fingerprint density at radius 3 is 2.25 bits per heavy atom. The molecule has 3 aromatic carbocycles. The second kappa shape index (κ2) is 13.0. The molecule has 0 bridgehead atoms. The Hall–Kier alpha value is -3.21. The van der Waals surface area contributed by atoms with E-state index >= 15 is 0 Å². The second-order valence-corrected chi connectivity index (χ2v) is 13.3. The Balaban J connectivity index is 1.07. The quantitative estimate of drug-likeness (QED) is 0.232. The number of piperidine rings is 1. The van der Waals surface area contributed by atoms with E-state index in [1.165, 1.54) is 11.3 Å². The smallest absolute Gasteiger partial charge is 0.252 e. The number of carbonyl (C=O) groups is 1. The van der Waals surface area contributed by atoms with Gasteiger partial charge in [-0.1, -0.05) is 41.9 Å². The molecule has 1 amide bonds. The van der Waals surface area contributed by atoms with Crippen LogP contribution in [0.5, 0.6) is 11.5 Å². The maximum atomic E-state index is 13.2. The van der Waals surface area contributed by atoms with Crippen LogP contribution in [0.25, 0.3) is 0 Å². The molecule has 0 saturated carbocycles. The molecule has 0 atom stereocenters. The number of nitrogens with one attached hydrogen (secondary N) is 2. The number of para-hydroxylation sites is 1. The van der Waals surface area contributed by atoms with Crippen LogP contribution < -0.4 is 15.4 Å². The van der Waals surface area contributed by atoms with Gasteiger partial charge in [-0.2, -0.15) is 4.31 Å². The van der Waals surface area contributed by atoms with E-state index in [1.54, 1.807) is 40.7 Å². The fourth-order valence-corrected chi connectivity index (χ4v) is 7.50. The number of rotatable bonds is 10. The standard InChI is InChI=1S/C30H30ClN3O4S2/c31-24-10-8-23(9-11-24)30(35)33-21-28-14-15-29(39-28)40(36,37)34-18-16-25(17-19-34)32-20-22-6-12-27(13-7-22)38-26-4-2-1-3-5-26/h1-15,25,32H,16-21H2,(H,33,35). The maximum Gasteiger partial charge on any atom is 0.252 e. The van der Waals surface area contributed by atoms with Crippen molar-refractivity contribution in [3.63, 3.8) is 0 Å². The number of benzene rings is 3. The molecule has 1 fully saturated rings. The van der Waals surface area contributed by atoms with Crippen LogP contribution in [0, 0.1) is 0 Å². The topological polar surface area (TPSA) is 87.7 Å². The third kappa shape index (κ3) is 7.30. The molecule has 5 rings (SSSR count). The van der Waals surface area contributed by atoms with Crippen molar-refractivity contribution in [1.29, 1.82) is 0 Å². The van der Waals surface area contributed by atoms with Gasteiger partial charge in [-0.15, -0.1) is 11.3 Å². The number of carbonyl (C=O) groups excluding carboxylic acids is 1. The van der Waals surface area contributed by atoms with Crippen molar-refractivity contribution < 1.29 is 17.9 Å². The van der Waals surface area contributed by atoms with Gasteiger partial charge < -0.3 is 15.4 Å². The minimum Gasteiger partial charge on any atom is -0.457 e. The number of halogens is 1. The minimum absolute atomic E-state index is 0.236. The van der Waals surface area contributed by atoms with Gasteiger partial charge in [0.2, 0.25) is 0 Å². The van der Waals surface area contributed by atoms with Gasteiger partial charge in [0.15, 0.2) is 0 Å². The number of nitrogens with zero attached hydrogens (tertiary/aromatic N) is 1. The molecular formula is C30H30ClN3O4S2. The van der Waals surface area contributed by atoms with E-state index in [4.69, 9.17) is 16.3 Å². The fourth-order valence-electron chi connectivity index (χ4n) is 4.45. The third-order valence-electron chi connectivity index (χ3n) is 6.71. The zero-order valence-corrected chi connectivity index (χ0v) is 24.1. The van der Waals surface area contributed by atoms with E-state index < -0.39 is 10.0 Å². The maximum absolute atomic E-state index is 13.2. The van der Waals surface area contributed by atoms with E-state index in [1.807, 2.05) is 54.6 Å².